The molecule has 2 saturated heterocycles. The number of carboxylic acids is 1. The fourth-order valence-electron chi connectivity index (χ4n) is 11.9. The van der Waals surface area contributed by atoms with E-state index in [1.54, 1.807) is 42.6 Å². The number of fused-ring (bicyclic) bond motifs is 1. The number of aromatic nitrogens is 2. The standard InChI is InChI=1S/C57H66N8O9S/c1-37(2)46-6-4-5-7-47(46)51-36-62(35-39-8-10-40(11-9-39)55(67)68)26-27-64(51)43-31-57(32-43)21-24-63(25-22-57)42-12-14-48(52(29-42)74-44-28-41-18-23-58-53(41)60-34-44)54(66)61-75(72,73)45-13-15-49(50(30-45)65(70)71)59-33-38-16-19-56(3,69)20-17-38/h4-15,18,23,28-30,34,37-38,43,51,59,69H,16-17,19-22,24-27,31-33,35-36H2,1-3H3,(H,58,60)(H,61,66)(H,67,68). The van der Waals surface area contributed by atoms with Crippen LogP contribution in [0.5, 0.6) is 11.5 Å². The normalized spacial score (nSPS) is 21.5. The number of piperazine rings is 1. The van der Waals surface area contributed by atoms with E-state index in [0.29, 0.717) is 42.7 Å². The zero-order valence-electron chi connectivity index (χ0n) is 42.7. The number of nitrogens with one attached hydrogen (secondary N) is 3. The third-order valence-corrected chi connectivity index (χ3v) is 17.7. The number of pyridine rings is 1. The summed E-state index contributed by atoms with van der Waals surface area (Å²) in [5.74, 6) is -0.857. The summed E-state index contributed by atoms with van der Waals surface area (Å²) in [6.07, 6.45) is 10.2. The molecule has 6 aromatic rings. The summed E-state index contributed by atoms with van der Waals surface area (Å²) in [6.45, 7) is 11.8. The minimum absolute atomic E-state index is 0.0455. The third-order valence-electron chi connectivity index (χ3n) is 16.4. The van der Waals surface area contributed by atoms with Gasteiger partial charge in [0.1, 0.15) is 22.8 Å². The molecule has 5 N–H and O–H groups in total. The third kappa shape index (κ3) is 11.4. The van der Waals surface area contributed by atoms with Crippen LogP contribution in [0.15, 0.2) is 114 Å². The summed E-state index contributed by atoms with van der Waals surface area (Å²) < 4.78 is 36.2. The van der Waals surface area contributed by atoms with Crippen LogP contribution < -0.4 is 19.7 Å². The molecule has 0 bridgehead atoms. The maximum atomic E-state index is 14.1. The maximum Gasteiger partial charge on any atom is 0.335 e. The molecule has 4 aromatic carbocycles. The second kappa shape index (κ2) is 21.0. The summed E-state index contributed by atoms with van der Waals surface area (Å²) in [5.41, 5.74) is 4.75. The zero-order valence-corrected chi connectivity index (χ0v) is 43.5. The number of carbonyl (C=O) groups excluding carboxylic acids is 1. The Labute approximate surface area is 437 Å². The number of H-pyrrole nitrogens is 1. The molecule has 10 rings (SSSR count). The highest BCUT2D eigenvalue weighted by molar-refractivity contribution is 7.90. The first-order chi connectivity index (χ1) is 35.9. The van der Waals surface area contributed by atoms with Gasteiger partial charge in [0.15, 0.2) is 0 Å². The summed E-state index contributed by atoms with van der Waals surface area (Å²) in [6, 6.07) is 29.0. The Hall–Kier alpha value is -6.86. The molecule has 75 heavy (non-hydrogen) atoms. The molecule has 394 valence electrons. The van der Waals surface area contributed by atoms with Crippen LogP contribution in [-0.2, 0) is 16.6 Å². The Bertz CT molecular complexity index is 3190. The van der Waals surface area contributed by atoms with Gasteiger partial charge in [0.2, 0.25) is 0 Å². The molecule has 18 heteroatoms. The van der Waals surface area contributed by atoms with Crippen molar-refractivity contribution in [1.82, 2.24) is 24.5 Å². The minimum atomic E-state index is -4.60. The van der Waals surface area contributed by atoms with Gasteiger partial charge in [0.05, 0.1) is 32.7 Å². The largest absolute Gasteiger partial charge is 0.478 e. The first-order valence-corrected chi connectivity index (χ1v) is 27.6. The lowest BCUT2D eigenvalue weighted by Gasteiger charge is -2.58. The number of aromatic carboxylic acids is 1. The summed E-state index contributed by atoms with van der Waals surface area (Å²) in [4.78, 5) is 51.8. The summed E-state index contributed by atoms with van der Waals surface area (Å²) in [5, 5.41) is 35.9. The van der Waals surface area contributed by atoms with Crippen molar-refractivity contribution in [3.05, 3.63) is 147 Å². The van der Waals surface area contributed by atoms with E-state index in [1.165, 1.54) is 29.5 Å². The molecule has 0 radical (unpaired) electrons. The molecule has 17 nitrogen and oxygen atoms in total. The molecule has 1 atom stereocenters. The Morgan fingerprint density at radius 3 is 2.40 bits per heavy atom. The Kier molecular flexibility index (Phi) is 14.5. The molecule has 2 aromatic heterocycles. The van der Waals surface area contributed by atoms with Gasteiger partial charge in [-0.15, -0.1) is 0 Å². The molecule has 1 spiro atoms. The van der Waals surface area contributed by atoms with Gasteiger partial charge >= 0.3 is 5.97 Å². The van der Waals surface area contributed by atoms with Gasteiger partial charge in [-0.1, -0.05) is 50.2 Å². The highest BCUT2D eigenvalue weighted by atomic mass is 32.2. The number of nitro benzene ring substituents is 1. The van der Waals surface area contributed by atoms with Crippen LogP contribution in [0.25, 0.3) is 11.0 Å². The number of carbonyl (C=O) groups is 2. The van der Waals surface area contributed by atoms with E-state index in [0.717, 1.165) is 100 Å². The summed E-state index contributed by atoms with van der Waals surface area (Å²) in [7, 11) is -4.60. The predicted molar refractivity (Wildman–Crippen MR) is 287 cm³/mol. The van der Waals surface area contributed by atoms with E-state index in [9.17, 15) is 38.3 Å². The van der Waals surface area contributed by atoms with E-state index < -0.39 is 43.0 Å². The average Bonchev–Trinajstić information content (AvgIpc) is 3.86. The van der Waals surface area contributed by atoms with Crippen molar-refractivity contribution in [2.24, 2.45) is 11.3 Å². The predicted octanol–water partition coefficient (Wildman–Crippen LogP) is 9.86. The molecule has 2 aliphatic carbocycles. The van der Waals surface area contributed by atoms with Gasteiger partial charge in [-0.3, -0.25) is 24.7 Å². The minimum Gasteiger partial charge on any atom is -0.478 e. The molecular formula is C57H66N8O9S. The second-order valence-corrected chi connectivity index (χ2v) is 23.6. The van der Waals surface area contributed by atoms with E-state index in [1.807, 2.05) is 25.1 Å². The van der Waals surface area contributed by atoms with E-state index in [2.05, 4.69) is 72.8 Å². The molecule has 4 aliphatic rings. The van der Waals surface area contributed by atoms with Gasteiger partial charge in [0, 0.05) is 87.3 Å². The number of hydrogen-bond acceptors (Lipinski definition) is 13. The van der Waals surface area contributed by atoms with Crippen molar-refractivity contribution in [2.45, 2.75) is 107 Å². The molecule has 1 unspecified atom stereocenters. The second-order valence-electron chi connectivity index (χ2n) is 21.9. The number of nitro groups is 1. The number of aromatic amines is 1. The number of amides is 1. The number of hydrogen-bond donors (Lipinski definition) is 5. The van der Waals surface area contributed by atoms with Crippen LogP contribution in [0, 0.1) is 21.4 Å². The van der Waals surface area contributed by atoms with Gasteiger partial charge in [-0.25, -0.2) is 22.9 Å². The van der Waals surface area contributed by atoms with Gasteiger partial charge < -0.3 is 30.2 Å². The number of ether oxygens (including phenoxy) is 1. The van der Waals surface area contributed by atoms with Crippen molar-refractivity contribution in [3.63, 3.8) is 0 Å². The number of carboxylic acid groups (broad SMARTS) is 1. The number of rotatable bonds is 16. The van der Waals surface area contributed by atoms with E-state index in [4.69, 9.17) is 4.74 Å². The van der Waals surface area contributed by atoms with Crippen molar-refractivity contribution < 1.29 is 37.9 Å². The van der Waals surface area contributed by atoms with Crippen molar-refractivity contribution >= 4 is 50.0 Å². The number of aliphatic hydroxyl groups is 1. The Morgan fingerprint density at radius 2 is 1.68 bits per heavy atom. The first kappa shape index (κ1) is 51.6. The highest BCUT2D eigenvalue weighted by Crippen LogP contribution is 2.53. The van der Waals surface area contributed by atoms with Crippen LogP contribution >= 0.6 is 0 Å². The zero-order chi connectivity index (χ0) is 52.6. The fourth-order valence-corrected chi connectivity index (χ4v) is 12.9. The SMILES string of the molecule is CC(C)c1ccccc1C1CN(Cc2ccc(C(=O)O)cc2)CCN1C1CC2(CCN(c3ccc(C(=O)NS(=O)(=O)c4ccc(NCC5CCC(C)(O)CC5)c([N+](=O)[O-])c4)c(Oc4cnc5[nH]ccc5c4)c3)CC2)C1. The summed E-state index contributed by atoms with van der Waals surface area (Å²) >= 11 is 0. The topological polar surface area (TPSA) is 224 Å². The number of anilines is 2. The highest BCUT2D eigenvalue weighted by Gasteiger charge is 2.50. The van der Waals surface area contributed by atoms with Crippen LogP contribution in [-0.4, -0.2) is 106 Å². The molecule has 4 fully saturated rings. The molecule has 2 aliphatic heterocycles. The van der Waals surface area contributed by atoms with Crippen LogP contribution in [0.3, 0.4) is 0 Å². The number of benzene rings is 4. The van der Waals surface area contributed by atoms with Crippen molar-refractivity contribution in [3.8, 4) is 11.5 Å². The van der Waals surface area contributed by atoms with Crippen molar-refractivity contribution in [2.75, 3.05) is 49.5 Å². The monoisotopic (exact) mass is 1040 g/mol. The van der Waals surface area contributed by atoms with Crippen LogP contribution in [0.4, 0.5) is 17.1 Å². The fraction of sp³-hybridized carbons (Fsp3) is 0.421. The molecule has 2 saturated carbocycles. The number of sulfonamides is 1. The lowest BCUT2D eigenvalue weighted by Crippen LogP contribution is -2.60. The smallest absolute Gasteiger partial charge is 0.335 e. The quantitative estimate of drug-likeness (QED) is 0.0450. The van der Waals surface area contributed by atoms with Gasteiger partial charge in [0.25, 0.3) is 21.6 Å². The van der Waals surface area contributed by atoms with Crippen LogP contribution in [0.1, 0.15) is 122 Å². The van der Waals surface area contributed by atoms with Crippen LogP contribution in [0.2, 0.25) is 0 Å². The number of nitrogens with zero attached hydrogens (tertiary/aromatic N) is 5. The van der Waals surface area contributed by atoms with Crippen molar-refractivity contribution in [1.29, 1.82) is 0 Å². The first-order valence-electron chi connectivity index (χ1n) is 26.1. The Balaban J connectivity index is 0.829. The average molecular weight is 1040 g/mol. The van der Waals surface area contributed by atoms with Gasteiger partial charge in [-0.05, 0) is 141 Å². The molecule has 1 amide bonds. The maximum absolute atomic E-state index is 14.1. The molecular weight excluding hydrogens is 973 g/mol. The number of piperidine rings is 1. The Morgan fingerprint density at radius 1 is 0.933 bits per heavy atom. The van der Waals surface area contributed by atoms with E-state index >= 15 is 0 Å². The van der Waals surface area contributed by atoms with E-state index in [-0.39, 0.29) is 39.9 Å². The molecule has 4 heterocycles. The lowest BCUT2D eigenvalue weighted by atomic mass is 9.59. The van der Waals surface area contributed by atoms with Gasteiger partial charge in [-0.2, -0.15) is 0 Å². The lowest BCUT2D eigenvalue weighted by molar-refractivity contribution is -0.384.